The standard InChI is InChI=1S/C26H24N2O3/c1-16(24(29)30)13-17-9-10-18-11-12-22-23(19(18)14-17)27-15-26(31-22)25(2,3)20-7-5-6-8-21(20)28(26)4/h5-12,14-15H,1,13H2,2-4H3,(H,29,30). The van der Waals surface area contributed by atoms with Gasteiger partial charge in [0.1, 0.15) is 11.4 Å². The molecular formula is C26H24N2O3. The Hall–Kier alpha value is -3.60. The molecule has 0 amide bonds. The molecule has 0 fully saturated rings. The first-order valence-corrected chi connectivity index (χ1v) is 10.3. The van der Waals surface area contributed by atoms with Crippen molar-refractivity contribution in [1.29, 1.82) is 0 Å². The van der Waals surface area contributed by atoms with E-state index in [1.54, 1.807) is 0 Å². The predicted molar refractivity (Wildman–Crippen MR) is 124 cm³/mol. The fourth-order valence-electron chi connectivity index (χ4n) is 4.85. The van der Waals surface area contributed by atoms with Crippen molar-refractivity contribution in [1.82, 2.24) is 0 Å². The summed E-state index contributed by atoms with van der Waals surface area (Å²) in [5, 5.41) is 11.1. The summed E-state index contributed by atoms with van der Waals surface area (Å²) in [4.78, 5) is 18.3. The number of fused-ring (bicyclic) bond motifs is 4. The SMILES string of the molecule is C=C(Cc1ccc2ccc3c(c2c1)N=CC1(O3)N(C)c2ccccc2C1(C)C)C(=O)O. The maximum atomic E-state index is 11.2. The molecule has 1 spiro atoms. The largest absolute Gasteiger partial charge is 0.478 e. The number of carbonyl (C=O) groups is 1. The summed E-state index contributed by atoms with van der Waals surface area (Å²) in [6.07, 6.45) is 2.20. The molecule has 1 unspecified atom stereocenters. The second kappa shape index (κ2) is 6.45. The van der Waals surface area contributed by atoms with Crippen LogP contribution in [0.25, 0.3) is 10.8 Å². The van der Waals surface area contributed by atoms with Crippen molar-refractivity contribution in [3.8, 4) is 5.75 Å². The molecule has 2 aliphatic rings. The lowest BCUT2D eigenvalue weighted by atomic mass is 9.77. The van der Waals surface area contributed by atoms with Crippen molar-refractivity contribution >= 4 is 34.3 Å². The van der Waals surface area contributed by atoms with Gasteiger partial charge in [0.15, 0.2) is 0 Å². The molecular weight excluding hydrogens is 388 g/mol. The number of hydrogen-bond acceptors (Lipinski definition) is 4. The van der Waals surface area contributed by atoms with Gasteiger partial charge in [0.05, 0.1) is 11.6 Å². The van der Waals surface area contributed by atoms with Crippen LogP contribution < -0.4 is 9.64 Å². The van der Waals surface area contributed by atoms with Crippen LogP contribution in [0.5, 0.6) is 5.75 Å². The Bertz CT molecular complexity index is 1290. The molecule has 0 radical (unpaired) electrons. The van der Waals surface area contributed by atoms with Gasteiger partial charge in [-0.1, -0.05) is 43.0 Å². The van der Waals surface area contributed by atoms with E-state index in [0.717, 1.165) is 33.5 Å². The summed E-state index contributed by atoms with van der Waals surface area (Å²) < 4.78 is 6.72. The van der Waals surface area contributed by atoms with Crippen LogP contribution in [0.1, 0.15) is 25.0 Å². The van der Waals surface area contributed by atoms with E-state index >= 15 is 0 Å². The van der Waals surface area contributed by atoms with Gasteiger partial charge >= 0.3 is 5.97 Å². The number of hydrogen-bond donors (Lipinski definition) is 1. The smallest absolute Gasteiger partial charge is 0.331 e. The molecule has 5 rings (SSSR count). The third-order valence-electron chi connectivity index (χ3n) is 6.71. The molecule has 5 heteroatoms. The van der Waals surface area contributed by atoms with Gasteiger partial charge in [-0.05, 0) is 48.6 Å². The fourth-order valence-corrected chi connectivity index (χ4v) is 4.85. The second-order valence-electron chi connectivity index (χ2n) is 8.81. The Morgan fingerprint density at radius 2 is 1.90 bits per heavy atom. The number of benzene rings is 3. The number of carboxylic acid groups (broad SMARTS) is 1. The second-order valence-corrected chi connectivity index (χ2v) is 8.81. The molecule has 31 heavy (non-hydrogen) atoms. The van der Waals surface area contributed by atoms with Crippen molar-refractivity contribution in [3.05, 3.63) is 77.9 Å². The van der Waals surface area contributed by atoms with E-state index in [1.807, 2.05) is 49.7 Å². The topological polar surface area (TPSA) is 62.1 Å². The van der Waals surface area contributed by atoms with Gasteiger partial charge in [0.25, 0.3) is 0 Å². The van der Waals surface area contributed by atoms with E-state index in [9.17, 15) is 4.79 Å². The van der Waals surface area contributed by atoms with Crippen LogP contribution in [0, 0.1) is 0 Å². The Morgan fingerprint density at radius 1 is 1.16 bits per heavy atom. The molecule has 3 aromatic rings. The average molecular weight is 412 g/mol. The third kappa shape index (κ3) is 2.62. The van der Waals surface area contributed by atoms with Gasteiger partial charge < -0.3 is 14.7 Å². The number of likely N-dealkylation sites (N-methyl/N-ethyl adjacent to an activating group) is 1. The molecule has 0 saturated heterocycles. The number of para-hydroxylation sites is 1. The van der Waals surface area contributed by atoms with Crippen LogP contribution in [0.3, 0.4) is 0 Å². The molecule has 0 saturated carbocycles. The number of carboxylic acids is 1. The molecule has 156 valence electrons. The first-order chi connectivity index (χ1) is 14.7. The third-order valence-corrected chi connectivity index (χ3v) is 6.71. The van der Waals surface area contributed by atoms with Gasteiger partial charge in [0.2, 0.25) is 5.72 Å². The first kappa shape index (κ1) is 19.4. The zero-order valence-corrected chi connectivity index (χ0v) is 17.8. The van der Waals surface area contributed by atoms with Crippen LogP contribution in [0.15, 0.2) is 71.7 Å². The Kier molecular flexibility index (Phi) is 4.03. The zero-order valence-electron chi connectivity index (χ0n) is 17.8. The summed E-state index contributed by atoms with van der Waals surface area (Å²) in [6.45, 7) is 8.02. The lowest BCUT2D eigenvalue weighted by Crippen LogP contribution is -2.61. The molecule has 0 bridgehead atoms. The van der Waals surface area contributed by atoms with Crippen molar-refractivity contribution in [2.45, 2.75) is 31.4 Å². The van der Waals surface area contributed by atoms with Crippen molar-refractivity contribution in [2.24, 2.45) is 4.99 Å². The predicted octanol–water partition coefficient (Wildman–Crippen LogP) is 5.24. The zero-order chi connectivity index (χ0) is 22.0. The van der Waals surface area contributed by atoms with Gasteiger partial charge in [0, 0.05) is 30.1 Å². The van der Waals surface area contributed by atoms with E-state index in [4.69, 9.17) is 14.8 Å². The quantitative estimate of drug-likeness (QED) is 0.598. The summed E-state index contributed by atoms with van der Waals surface area (Å²) in [6, 6.07) is 18.3. The highest BCUT2D eigenvalue weighted by Crippen LogP contribution is 2.54. The molecule has 1 N–H and O–H groups in total. The van der Waals surface area contributed by atoms with E-state index in [1.165, 1.54) is 5.56 Å². The van der Waals surface area contributed by atoms with Crippen LogP contribution in [0.4, 0.5) is 11.4 Å². The van der Waals surface area contributed by atoms with Crippen molar-refractivity contribution in [2.75, 3.05) is 11.9 Å². The highest BCUT2D eigenvalue weighted by atomic mass is 16.5. The van der Waals surface area contributed by atoms with Gasteiger partial charge in [-0.2, -0.15) is 0 Å². The normalized spacial score (nSPS) is 20.4. The van der Waals surface area contributed by atoms with Crippen LogP contribution in [-0.4, -0.2) is 30.1 Å². The van der Waals surface area contributed by atoms with Gasteiger partial charge in [-0.15, -0.1) is 0 Å². The summed E-state index contributed by atoms with van der Waals surface area (Å²) >= 11 is 0. The van der Waals surface area contributed by atoms with E-state index < -0.39 is 11.7 Å². The van der Waals surface area contributed by atoms with Crippen LogP contribution in [0.2, 0.25) is 0 Å². The fraction of sp³-hybridized carbons (Fsp3) is 0.231. The minimum absolute atomic E-state index is 0.162. The van der Waals surface area contributed by atoms with Crippen molar-refractivity contribution in [3.63, 3.8) is 0 Å². The molecule has 2 heterocycles. The highest BCUT2D eigenvalue weighted by Gasteiger charge is 2.58. The van der Waals surface area contributed by atoms with E-state index in [-0.39, 0.29) is 17.4 Å². The number of ether oxygens (including phenoxy) is 1. The van der Waals surface area contributed by atoms with Crippen LogP contribution >= 0.6 is 0 Å². The lowest BCUT2D eigenvalue weighted by molar-refractivity contribution is -0.132. The van der Waals surface area contributed by atoms with Crippen LogP contribution in [-0.2, 0) is 16.6 Å². The first-order valence-electron chi connectivity index (χ1n) is 10.3. The van der Waals surface area contributed by atoms with Gasteiger partial charge in [-0.3, -0.25) is 4.99 Å². The molecule has 0 aliphatic carbocycles. The number of aliphatic imine (C=N–C) groups is 1. The summed E-state index contributed by atoms with van der Waals surface area (Å²) in [5.41, 5.74) is 3.14. The lowest BCUT2D eigenvalue weighted by Gasteiger charge is -2.45. The summed E-state index contributed by atoms with van der Waals surface area (Å²) in [5.74, 6) is -0.263. The minimum Gasteiger partial charge on any atom is -0.478 e. The average Bonchev–Trinajstić information content (AvgIpc) is 2.92. The van der Waals surface area contributed by atoms with Gasteiger partial charge in [-0.25, -0.2) is 4.79 Å². The maximum Gasteiger partial charge on any atom is 0.331 e. The van der Waals surface area contributed by atoms with E-state index in [2.05, 4.69) is 43.5 Å². The maximum absolute atomic E-state index is 11.2. The van der Waals surface area contributed by atoms with Crippen molar-refractivity contribution < 1.29 is 14.6 Å². The molecule has 5 nitrogen and oxygen atoms in total. The molecule has 0 aromatic heterocycles. The number of nitrogens with zero attached hydrogens (tertiary/aromatic N) is 2. The summed E-state index contributed by atoms with van der Waals surface area (Å²) in [7, 11) is 2.04. The molecule has 2 aliphatic heterocycles. The molecule has 1 atom stereocenters. The Labute approximate surface area is 181 Å². The number of anilines is 1. The number of aliphatic carboxylic acids is 1. The highest BCUT2D eigenvalue weighted by molar-refractivity contribution is 6.00. The Balaban J connectivity index is 1.61. The van der Waals surface area contributed by atoms with E-state index in [0.29, 0.717) is 0 Å². The molecule has 3 aromatic carbocycles. The number of rotatable bonds is 3. The Morgan fingerprint density at radius 3 is 2.65 bits per heavy atom. The minimum atomic E-state index is -0.982. The monoisotopic (exact) mass is 412 g/mol.